The van der Waals surface area contributed by atoms with E-state index in [1.165, 1.54) is 6.92 Å². The first-order valence-corrected chi connectivity index (χ1v) is 6.36. The molecule has 0 fully saturated rings. The highest BCUT2D eigenvalue weighted by Gasteiger charge is 2.17. The van der Waals surface area contributed by atoms with Crippen molar-refractivity contribution in [2.24, 2.45) is 4.99 Å². The molecule has 0 saturated carbocycles. The second-order valence-corrected chi connectivity index (χ2v) is 4.25. The van der Waals surface area contributed by atoms with Gasteiger partial charge in [0, 0.05) is 25.6 Å². The zero-order valence-corrected chi connectivity index (χ0v) is 13.8. The number of halogens is 1. The SMILES string of the molecule is Br.CNCNC1=CC(=NCCNC(C)=O)CC=C1C(=O)O. The molecule has 0 radical (unpaired) electrons. The Morgan fingerprint density at radius 2 is 2.14 bits per heavy atom. The molecule has 0 aromatic heterocycles. The summed E-state index contributed by atoms with van der Waals surface area (Å²) in [6.07, 6.45) is 3.85. The van der Waals surface area contributed by atoms with Crippen LogP contribution in [-0.2, 0) is 9.59 Å². The molecule has 0 atom stereocenters. The van der Waals surface area contributed by atoms with Crippen molar-refractivity contribution in [2.75, 3.05) is 26.8 Å². The predicted molar refractivity (Wildman–Crippen MR) is 86.8 cm³/mol. The Morgan fingerprint density at radius 1 is 1.43 bits per heavy atom. The van der Waals surface area contributed by atoms with Gasteiger partial charge in [0.15, 0.2) is 0 Å². The standard InChI is InChI=1S/C13H20N4O3.BrH/c1-9(18)15-5-6-16-10-3-4-11(13(19)20)12(7-10)17-8-14-2;/h4,7,14,17H,3,5-6,8H2,1-2H3,(H,15,18)(H,19,20);1H. The van der Waals surface area contributed by atoms with Gasteiger partial charge in [-0.25, -0.2) is 4.79 Å². The van der Waals surface area contributed by atoms with Crippen LogP contribution in [0.1, 0.15) is 13.3 Å². The van der Waals surface area contributed by atoms with Crippen molar-refractivity contribution in [1.82, 2.24) is 16.0 Å². The molecule has 0 spiro atoms. The van der Waals surface area contributed by atoms with E-state index in [1.54, 1.807) is 19.2 Å². The minimum absolute atomic E-state index is 0. The van der Waals surface area contributed by atoms with Gasteiger partial charge in [0.05, 0.1) is 24.5 Å². The lowest BCUT2D eigenvalue weighted by Gasteiger charge is -2.16. The maximum absolute atomic E-state index is 11.1. The average Bonchev–Trinajstić information content (AvgIpc) is 2.41. The van der Waals surface area contributed by atoms with Crippen molar-refractivity contribution in [1.29, 1.82) is 0 Å². The van der Waals surface area contributed by atoms with Gasteiger partial charge in [-0.1, -0.05) is 6.08 Å². The Kier molecular flexibility index (Phi) is 9.31. The second-order valence-electron chi connectivity index (χ2n) is 4.25. The summed E-state index contributed by atoms with van der Waals surface area (Å²) >= 11 is 0. The Hall–Kier alpha value is -1.67. The van der Waals surface area contributed by atoms with E-state index in [2.05, 4.69) is 20.9 Å². The third-order valence-electron chi connectivity index (χ3n) is 2.60. The van der Waals surface area contributed by atoms with Gasteiger partial charge in [0.25, 0.3) is 0 Å². The molecule has 8 heteroatoms. The van der Waals surface area contributed by atoms with Gasteiger partial charge in [0.1, 0.15) is 0 Å². The fourth-order valence-corrected chi connectivity index (χ4v) is 1.69. The number of carboxylic acids is 1. The molecule has 0 saturated heterocycles. The molecule has 21 heavy (non-hydrogen) atoms. The highest BCUT2D eigenvalue weighted by molar-refractivity contribution is 8.93. The van der Waals surface area contributed by atoms with Crippen LogP contribution in [0.4, 0.5) is 0 Å². The molecule has 0 aliphatic heterocycles. The van der Waals surface area contributed by atoms with E-state index < -0.39 is 5.97 Å². The Balaban J connectivity index is 0.00000400. The lowest BCUT2D eigenvalue weighted by atomic mass is 10.0. The van der Waals surface area contributed by atoms with Crippen molar-refractivity contribution < 1.29 is 14.7 Å². The van der Waals surface area contributed by atoms with Gasteiger partial charge in [-0.2, -0.15) is 0 Å². The molecule has 0 bridgehead atoms. The third kappa shape index (κ3) is 7.05. The molecule has 0 unspecified atom stereocenters. The number of carbonyl (C=O) groups excluding carboxylic acids is 1. The van der Waals surface area contributed by atoms with E-state index in [0.717, 1.165) is 5.71 Å². The Bertz CT molecular complexity index is 472. The first kappa shape index (κ1) is 19.3. The van der Waals surface area contributed by atoms with E-state index in [0.29, 0.717) is 31.9 Å². The summed E-state index contributed by atoms with van der Waals surface area (Å²) in [4.78, 5) is 26.2. The summed E-state index contributed by atoms with van der Waals surface area (Å²) in [5.41, 5.74) is 1.58. The minimum Gasteiger partial charge on any atom is -0.478 e. The second kappa shape index (κ2) is 10.1. The summed E-state index contributed by atoms with van der Waals surface area (Å²) in [6.45, 7) is 2.87. The van der Waals surface area contributed by atoms with Crippen LogP contribution in [0.15, 0.2) is 28.4 Å². The Labute approximate surface area is 134 Å². The summed E-state index contributed by atoms with van der Waals surface area (Å²) in [6, 6.07) is 0. The van der Waals surface area contributed by atoms with Crippen molar-refractivity contribution >= 4 is 34.6 Å². The molecule has 1 aliphatic carbocycles. The van der Waals surface area contributed by atoms with Crippen LogP contribution in [0.5, 0.6) is 0 Å². The number of hydrogen-bond donors (Lipinski definition) is 4. The fraction of sp³-hybridized carbons (Fsp3) is 0.462. The highest BCUT2D eigenvalue weighted by atomic mass is 79.9. The molecule has 4 N–H and O–H groups in total. The van der Waals surface area contributed by atoms with E-state index in [-0.39, 0.29) is 28.5 Å². The van der Waals surface area contributed by atoms with Crippen LogP contribution in [0.25, 0.3) is 0 Å². The molecule has 1 aliphatic rings. The molecule has 0 aromatic rings. The van der Waals surface area contributed by atoms with E-state index in [1.807, 2.05) is 0 Å². The van der Waals surface area contributed by atoms with Crippen LogP contribution in [0.2, 0.25) is 0 Å². The van der Waals surface area contributed by atoms with E-state index in [9.17, 15) is 9.59 Å². The van der Waals surface area contributed by atoms with Gasteiger partial charge >= 0.3 is 5.97 Å². The molecule has 118 valence electrons. The van der Waals surface area contributed by atoms with Gasteiger partial charge in [0.2, 0.25) is 5.91 Å². The first-order chi connectivity index (χ1) is 9.54. The zero-order chi connectivity index (χ0) is 15.0. The number of nitrogens with one attached hydrogen (secondary N) is 3. The molecular weight excluding hydrogens is 340 g/mol. The average molecular weight is 361 g/mol. The summed E-state index contributed by atoms with van der Waals surface area (Å²) < 4.78 is 0. The smallest absolute Gasteiger partial charge is 0.337 e. The maximum atomic E-state index is 11.1. The van der Waals surface area contributed by atoms with Crippen LogP contribution in [-0.4, -0.2) is 49.5 Å². The van der Waals surface area contributed by atoms with Crippen LogP contribution in [0, 0.1) is 0 Å². The lowest BCUT2D eigenvalue weighted by molar-refractivity contribution is -0.132. The molecule has 0 aromatic carbocycles. The van der Waals surface area contributed by atoms with Crippen molar-refractivity contribution in [3.8, 4) is 0 Å². The molecule has 0 heterocycles. The topological polar surface area (TPSA) is 103 Å². The highest BCUT2D eigenvalue weighted by Crippen LogP contribution is 2.15. The lowest BCUT2D eigenvalue weighted by Crippen LogP contribution is -2.29. The number of carboxylic acid groups (broad SMARTS) is 1. The molecule has 1 rings (SSSR count). The quantitative estimate of drug-likeness (QED) is 0.383. The first-order valence-electron chi connectivity index (χ1n) is 6.36. The number of aliphatic imine (C=N–C) groups is 1. The van der Waals surface area contributed by atoms with Crippen molar-refractivity contribution in [3.63, 3.8) is 0 Å². The largest absolute Gasteiger partial charge is 0.478 e. The number of allylic oxidation sites excluding steroid dienone is 2. The third-order valence-corrected chi connectivity index (χ3v) is 2.60. The van der Waals surface area contributed by atoms with E-state index in [4.69, 9.17) is 5.11 Å². The summed E-state index contributed by atoms with van der Waals surface area (Å²) in [5, 5.41) is 17.7. The minimum atomic E-state index is -0.961. The predicted octanol–water partition coefficient (Wildman–Crippen LogP) is 0.206. The zero-order valence-electron chi connectivity index (χ0n) is 12.1. The number of amides is 1. The summed E-state index contributed by atoms with van der Waals surface area (Å²) in [5.74, 6) is -1.05. The van der Waals surface area contributed by atoms with Gasteiger partial charge in [-0.15, -0.1) is 17.0 Å². The number of hydrogen-bond acceptors (Lipinski definition) is 5. The van der Waals surface area contributed by atoms with Crippen LogP contribution in [0.3, 0.4) is 0 Å². The molecular formula is C13H21BrN4O3. The summed E-state index contributed by atoms with van der Waals surface area (Å²) in [7, 11) is 1.77. The Morgan fingerprint density at radius 3 is 2.71 bits per heavy atom. The molecule has 7 nitrogen and oxygen atoms in total. The van der Waals surface area contributed by atoms with Crippen LogP contribution < -0.4 is 16.0 Å². The normalized spacial score (nSPS) is 15.6. The number of aliphatic carboxylic acids is 1. The van der Waals surface area contributed by atoms with Gasteiger partial charge < -0.3 is 21.1 Å². The van der Waals surface area contributed by atoms with Crippen molar-refractivity contribution in [3.05, 3.63) is 23.4 Å². The van der Waals surface area contributed by atoms with Gasteiger partial charge in [-0.3, -0.25) is 9.79 Å². The van der Waals surface area contributed by atoms with Crippen LogP contribution >= 0.6 is 17.0 Å². The van der Waals surface area contributed by atoms with Gasteiger partial charge in [-0.05, 0) is 13.1 Å². The number of nitrogens with zero attached hydrogens (tertiary/aromatic N) is 1. The van der Waals surface area contributed by atoms with E-state index >= 15 is 0 Å². The molecule has 1 amide bonds. The fourth-order valence-electron chi connectivity index (χ4n) is 1.69. The monoisotopic (exact) mass is 360 g/mol. The van der Waals surface area contributed by atoms with Crippen molar-refractivity contribution in [2.45, 2.75) is 13.3 Å². The maximum Gasteiger partial charge on any atom is 0.337 e. The number of carbonyl (C=O) groups is 2. The number of rotatable bonds is 7.